The van der Waals surface area contributed by atoms with E-state index in [-0.39, 0.29) is 17.2 Å². The van der Waals surface area contributed by atoms with E-state index in [1.807, 2.05) is 91.0 Å². The average Bonchev–Trinajstić information content (AvgIpc) is 3.02. The van der Waals surface area contributed by atoms with Crippen LogP contribution in [0.15, 0.2) is 114 Å². The monoisotopic (exact) mass is 623 g/mol. The van der Waals surface area contributed by atoms with Crippen LogP contribution in [0.3, 0.4) is 0 Å². The summed E-state index contributed by atoms with van der Waals surface area (Å²) in [6.45, 7) is 5.47. The molecule has 0 aromatic heterocycles. The summed E-state index contributed by atoms with van der Waals surface area (Å²) < 4.78 is 11.7. The fraction of sp³-hybridized carbons (Fsp3) is 0.257. The lowest BCUT2D eigenvalue weighted by Crippen LogP contribution is -2.66. The molecule has 1 unspecified atom stereocenters. The number of benzene rings is 3. The molecule has 2 fully saturated rings. The molecule has 3 aliphatic heterocycles. The van der Waals surface area contributed by atoms with Crippen molar-refractivity contribution in [3.8, 4) is 0 Å². The molecule has 0 saturated carbocycles. The molecule has 3 aromatic rings. The molecule has 2 saturated heterocycles. The van der Waals surface area contributed by atoms with E-state index in [9.17, 15) is 19.2 Å². The molecule has 2 N–H and O–H groups in total. The van der Waals surface area contributed by atoms with Crippen LogP contribution in [0, 0.1) is 5.92 Å². The van der Waals surface area contributed by atoms with Crippen LogP contribution < -0.4 is 10.6 Å². The molecular formula is C35H33N3O6S. The summed E-state index contributed by atoms with van der Waals surface area (Å²) in [6, 6.07) is 27.8. The van der Waals surface area contributed by atoms with Crippen molar-refractivity contribution in [1.82, 2.24) is 4.90 Å². The first-order valence-electron chi connectivity index (χ1n) is 14.6. The first-order chi connectivity index (χ1) is 21.5. The van der Waals surface area contributed by atoms with Gasteiger partial charge in [-0.1, -0.05) is 78.9 Å². The topological polar surface area (TPSA) is 119 Å². The van der Waals surface area contributed by atoms with E-state index in [2.05, 4.69) is 0 Å². The number of nitrogens with zero attached hydrogens (tertiary/aromatic N) is 2. The second-order valence-corrected chi connectivity index (χ2v) is 13.2. The number of amides is 2. The normalized spacial score (nSPS) is 22.2. The number of anilines is 1. The number of hydrogen-bond acceptors (Lipinski definition) is 8. The minimum Gasteiger partial charge on any atom is -0.459 e. The van der Waals surface area contributed by atoms with Gasteiger partial charge in [-0.15, -0.1) is 11.8 Å². The van der Waals surface area contributed by atoms with Gasteiger partial charge in [0.2, 0.25) is 5.91 Å². The highest BCUT2D eigenvalue weighted by Gasteiger charge is 2.59. The Hall–Kier alpha value is -4.67. The third kappa shape index (κ3) is 5.91. The van der Waals surface area contributed by atoms with E-state index in [0.717, 1.165) is 16.8 Å². The van der Waals surface area contributed by atoms with E-state index >= 15 is 0 Å². The number of carbonyl (C=O) groups excluding carboxylic acids is 4. The van der Waals surface area contributed by atoms with Crippen molar-refractivity contribution in [3.63, 3.8) is 0 Å². The van der Waals surface area contributed by atoms with Gasteiger partial charge in [0.05, 0.1) is 11.9 Å². The highest BCUT2D eigenvalue weighted by atomic mass is 32.2. The predicted molar refractivity (Wildman–Crippen MR) is 170 cm³/mol. The van der Waals surface area contributed by atoms with Gasteiger partial charge >= 0.3 is 11.9 Å². The summed E-state index contributed by atoms with van der Waals surface area (Å²) in [5.74, 6) is -3.41. The molecule has 0 bridgehead atoms. The van der Waals surface area contributed by atoms with Crippen LogP contribution in [-0.2, 0) is 28.7 Å². The van der Waals surface area contributed by atoms with Gasteiger partial charge in [0.1, 0.15) is 16.7 Å². The highest BCUT2D eigenvalue weighted by Crippen LogP contribution is 2.48. The zero-order valence-electron chi connectivity index (χ0n) is 25.1. The number of fused-ring (bicyclic) bond motifs is 1. The lowest BCUT2D eigenvalue weighted by Gasteiger charge is -2.50. The van der Waals surface area contributed by atoms with Gasteiger partial charge in [-0.2, -0.15) is 0 Å². The number of carbonyl (C=O) groups is 4. The minimum atomic E-state index is -1.13. The molecule has 9 nitrogen and oxygen atoms in total. The lowest BCUT2D eigenvalue weighted by atomic mass is 9.93. The Bertz CT molecular complexity index is 1660. The van der Waals surface area contributed by atoms with Crippen LogP contribution in [0.2, 0.25) is 0 Å². The van der Waals surface area contributed by atoms with E-state index in [4.69, 9.17) is 15.2 Å². The number of ether oxygens (including phenoxy) is 2. The number of esters is 2. The standard InChI is InChI=1S/C35H33N3O6S/c1-35(2,3)44-33(41)26-31(40)38-27(34(42)43-28(21-13-7-4-8-14-21)22-15-9-5-10-16-22)25(29(36)45-32(26)38)19-23-20-37(30(23)39)24-17-11-6-12-18-24/h4-19,26,28-29,32H,20,36H2,1-3H3/b23-19+/t26-,29?,32+/m0/s1. The van der Waals surface area contributed by atoms with Crippen molar-refractivity contribution in [3.05, 3.63) is 125 Å². The van der Waals surface area contributed by atoms with Gasteiger partial charge < -0.3 is 20.1 Å². The van der Waals surface area contributed by atoms with Gasteiger partial charge in [0, 0.05) is 16.8 Å². The first kappa shape index (κ1) is 30.4. The number of nitrogens with two attached hydrogens (primary N) is 1. The second-order valence-electron chi connectivity index (χ2n) is 12.0. The zero-order chi connectivity index (χ0) is 31.9. The number of thioether (sulfide) groups is 1. The molecule has 6 rings (SSSR count). The minimum absolute atomic E-state index is 0.0774. The first-order valence-corrected chi connectivity index (χ1v) is 15.6. The zero-order valence-corrected chi connectivity index (χ0v) is 25.9. The summed E-state index contributed by atoms with van der Waals surface area (Å²) >= 11 is 1.17. The Morgan fingerprint density at radius 3 is 2.00 bits per heavy atom. The third-order valence-electron chi connectivity index (χ3n) is 7.68. The van der Waals surface area contributed by atoms with Gasteiger partial charge in [0.15, 0.2) is 12.0 Å². The summed E-state index contributed by atoms with van der Waals surface area (Å²) in [6.07, 6.45) is 0.794. The predicted octanol–water partition coefficient (Wildman–Crippen LogP) is 4.70. The molecular weight excluding hydrogens is 590 g/mol. The number of rotatable bonds is 7. The quantitative estimate of drug-likeness (QED) is 0.174. The number of hydrogen-bond donors (Lipinski definition) is 1. The fourth-order valence-electron chi connectivity index (χ4n) is 5.54. The van der Waals surface area contributed by atoms with Crippen LogP contribution in [0.25, 0.3) is 0 Å². The Balaban J connectivity index is 1.38. The average molecular weight is 624 g/mol. The highest BCUT2D eigenvalue weighted by molar-refractivity contribution is 8.00. The molecule has 3 aromatic carbocycles. The number of β-lactam (4-membered cyclic amide) rings is 2. The maximum atomic E-state index is 14.2. The van der Waals surface area contributed by atoms with Crippen molar-refractivity contribution in [2.45, 2.75) is 43.2 Å². The Morgan fingerprint density at radius 1 is 0.911 bits per heavy atom. The van der Waals surface area contributed by atoms with Gasteiger partial charge in [-0.3, -0.25) is 19.3 Å². The van der Waals surface area contributed by atoms with Crippen LogP contribution in [0.5, 0.6) is 0 Å². The van der Waals surface area contributed by atoms with Gasteiger partial charge in [-0.05, 0) is 50.1 Å². The number of para-hydroxylation sites is 1. The van der Waals surface area contributed by atoms with Crippen LogP contribution >= 0.6 is 11.8 Å². The molecule has 3 atom stereocenters. The van der Waals surface area contributed by atoms with Gasteiger partial charge in [-0.25, -0.2) is 4.79 Å². The third-order valence-corrected chi connectivity index (χ3v) is 8.99. The summed E-state index contributed by atoms with van der Waals surface area (Å²) in [5, 5.41) is -1.60. The van der Waals surface area contributed by atoms with E-state index in [1.165, 1.54) is 16.7 Å². The largest absolute Gasteiger partial charge is 0.459 e. The molecule has 3 aliphatic rings. The smallest absolute Gasteiger partial charge is 0.356 e. The van der Waals surface area contributed by atoms with Crippen molar-refractivity contribution >= 4 is 41.2 Å². The van der Waals surface area contributed by atoms with Crippen LogP contribution in [0.4, 0.5) is 5.69 Å². The molecule has 230 valence electrons. The van der Waals surface area contributed by atoms with Crippen molar-refractivity contribution in [1.29, 1.82) is 0 Å². The van der Waals surface area contributed by atoms with Crippen LogP contribution in [-0.4, -0.2) is 51.5 Å². The van der Waals surface area contributed by atoms with Crippen molar-refractivity contribution in [2.75, 3.05) is 11.4 Å². The molecule has 0 aliphatic carbocycles. The fourth-order valence-corrected chi connectivity index (χ4v) is 6.88. The maximum Gasteiger partial charge on any atom is 0.356 e. The van der Waals surface area contributed by atoms with Crippen molar-refractivity contribution in [2.24, 2.45) is 11.7 Å². The molecule has 0 spiro atoms. The van der Waals surface area contributed by atoms with Crippen molar-refractivity contribution < 1.29 is 28.7 Å². The molecule has 45 heavy (non-hydrogen) atoms. The Morgan fingerprint density at radius 2 is 1.47 bits per heavy atom. The lowest BCUT2D eigenvalue weighted by molar-refractivity contribution is -0.175. The second kappa shape index (κ2) is 12.0. The molecule has 0 radical (unpaired) electrons. The van der Waals surface area contributed by atoms with E-state index < -0.39 is 46.2 Å². The van der Waals surface area contributed by atoms with Crippen LogP contribution in [0.1, 0.15) is 38.0 Å². The van der Waals surface area contributed by atoms with Gasteiger partial charge in [0.25, 0.3) is 5.91 Å². The molecule has 10 heteroatoms. The van der Waals surface area contributed by atoms with E-state index in [1.54, 1.807) is 31.7 Å². The maximum absolute atomic E-state index is 14.2. The SMILES string of the molecule is CC(C)(C)OC(=O)[C@H]1C(=O)N2C(C(=O)OC(c3ccccc3)c3ccccc3)=C(/C=C3\CN(c4ccccc4)C3=O)C(N)S[C@H]12. The summed E-state index contributed by atoms with van der Waals surface area (Å²) in [4.78, 5) is 57.0. The molecule has 2 amide bonds. The Kier molecular flexibility index (Phi) is 8.11. The summed E-state index contributed by atoms with van der Waals surface area (Å²) in [7, 11) is 0. The Labute approximate surface area is 265 Å². The summed E-state index contributed by atoms with van der Waals surface area (Å²) in [5.41, 5.74) is 8.70. The molecule has 3 heterocycles. The van der Waals surface area contributed by atoms with E-state index in [0.29, 0.717) is 12.1 Å².